The summed E-state index contributed by atoms with van der Waals surface area (Å²) in [5.74, 6) is -0.912. The molecular weight excluding hydrogens is 773 g/mol. The van der Waals surface area contributed by atoms with Crippen molar-refractivity contribution in [3.63, 3.8) is 0 Å². The van der Waals surface area contributed by atoms with Crippen molar-refractivity contribution in [3.8, 4) is 0 Å². The normalized spacial score (nSPS) is 20.5. The molecule has 0 radical (unpaired) electrons. The monoisotopic (exact) mass is 857 g/mol. The second-order valence-corrected chi connectivity index (χ2v) is 15.8. The minimum absolute atomic E-state index is 0.146. The summed E-state index contributed by atoms with van der Waals surface area (Å²) in [6.07, 6.45) is 46.0. The Morgan fingerprint density at radius 1 is 0.525 bits per heavy atom. The van der Waals surface area contributed by atoms with Gasteiger partial charge in [0.2, 0.25) is 0 Å². The van der Waals surface area contributed by atoms with E-state index in [1.165, 1.54) is 70.6 Å². The lowest BCUT2D eigenvalue weighted by atomic mass is 9.99. The second-order valence-electron chi connectivity index (χ2n) is 15.8. The maximum Gasteiger partial charge on any atom is 0.306 e. The fourth-order valence-corrected chi connectivity index (χ4v) is 6.56. The number of unbranched alkanes of at least 4 members (excludes halogenated alkanes) is 13. The third-order valence-electron chi connectivity index (χ3n) is 10.3. The van der Waals surface area contributed by atoms with Gasteiger partial charge in [-0.25, -0.2) is 0 Å². The molecule has 4 N–H and O–H groups in total. The lowest BCUT2D eigenvalue weighted by molar-refractivity contribution is -0.305. The first-order valence-electron chi connectivity index (χ1n) is 23.7. The molecule has 0 aromatic rings. The summed E-state index contributed by atoms with van der Waals surface area (Å²) in [4.78, 5) is 25.3. The lowest BCUT2D eigenvalue weighted by Gasteiger charge is -2.39. The van der Waals surface area contributed by atoms with Crippen LogP contribution in [0.3, 0.4) is 0 Å². The fourth-order valence-electron chi connectivity index (χ4n) is 6.56. The Balaban J connectivity index is 2.37. The van der Waals surface area contributed by atoms with Crippen LogP contribution in [0.2, 0.25) is 0 Å². The zero-order chi connectivity index (χ0) is 44.4. The van der Waals surface area contributed by atoms with Gasteiger partial charge in [-0.2, -0.15) is 0 Å². The van der Waals surface area contributed by atoms with E-state index in [9.17, 15) is 30.0 Å². The highest BCUT2D eigenvalue weighted by Crippen LogP contribution is 2.22. The maximum atomic E-state index is 12.8. The average Bonchev–Trinajstić information content (AvgIpc) is 3.26. The quantitative estimate of drug-likeness (QED) is 0.0268. The molecule has 2 unspecified atom stereocenters. The van der Waals surface area contributed by atoms with Crippen molar-refractivity contribution in [2.75, 3.05) is 19.8 Å². The Bertz CT molecular complexity index is 1270. The molecule has 1 heterocycles. The first-order chi connectivity index (χ1) is 29.8. The van der Waals surface area contributed by atoms with Crippen molar-refractivity contribution in [2.24, 2.45) is 0 Å². The predicted octanol–water partition coefficient (Wildman–Crippen LogP) is 10.6. The zero-order valence-electron chi connectivity index (χ0n) is 37.9. The molecule has 0 aromatic heterocycles. The molecule has 1 rings (SSSR count). The Morgan fingerprint density at radius 2 is 1.00 bits per heavy atom. The van der Waals surface area contributed by atoms with Crippen LogP contribution in [-0.2, 0) is 28.5 Å². The van der Waals surface area contributed by atoms with E-state index >= 15 is 0 Å². The van der Waals surface area contributed by atoms with E-state index in [-0.39, 0.29) is 26.1 Å². The summed E-state index contributed by atoms with van der Waals surface area (Å²) in [5, 5.41) is 40.1. The summed E-state index contributed by atoms with van der Waals surface area (Å²) in [7, 11) is 0. The largest absolute Gasteiger partial charge is 0.462 e. The third-order valence-corrected chi connectivity index (χ3v) is 10.3. The highest BCUT2D eigenvalue weighted by Gasteiger charge is 2.44. The van der Waals surface area contributed by atoms with Gasteiger partial charge in [0.1, 0.15) is 31.0 Å². The van der Waals surface area contributed by atoms with Crippen LogP contribution in [0, 0.1) is 0 Å². The van der Waals surface area contributed by atoms with E-state index in [1.54, 1.807) is 0 Å². The first kappa shape index (κ1) is 55.9. The molecule has 10 nitrogen and oxygen atoms in total. The van der Waals surface area contributed by atoms with Gasteiger partial charge in [0.15, 0.2) is 12.4 Å². The molecule has 0 aliphatic carbocycles. The van der Waals surface area contributed by atoms with Gasteiger partial charge in [-0.15, -0.1) is 0 Å². The van der Waals surface area contributed by atoms with Gasteiger partial charge in [-0.05, 0) is 77.0 Å². The molecule has 0 spiro atoms. The van der Waals surface area contributed by atoms with Crippen LogP contribution in [-0.4, -0.2) is 89.0 Å². The van der Waals surface area contributed by atoms with Crippen molar-refractivity contribution in [1.82, 2.24) is 0 Å². The molecule has 6 atom stereocenters. The van der Waals surface area contributed by atoms with Crippen molar-refractivity contribution in [1.29, 1.82) is 0 Å². The number of hydrogen-bond acceptors (Lipinski definition) is 10. The van der Waals surface area contributed by atoms with Crippen LogP contribution in [0.25, 0.3) is 0 Å². The molecule has 0 aromatic carbocycles. The predicted molar refractivity (Wildman–Crippen MR) is 247 cm³/mol. The van der Waals surface area contributed by atoms with Gasteiger partial charge < -0.3 is 39.4 Å². The van der Waals surface area contributed by atoms with E-state index in [1.807, 2.05) is 12.2 Å². The van der Waals surface area contributed by atoms with Crippen LogP contribution in [0.15, 0.2) is 85.1 Å². The van der Waals surface area contributed by atoms with Crippen LogP contribution >= 0.6 is 0 Å². The van der Waals surface area contributed by atoms with Crippen LogP contribution < -0.4 is 0 Å². The third kappa shape index (κ3) is 32.3. The smallest absolute Gasteiger partial charge is 0.306 e. The maximum absolute atomic E-state index is 12.8. The van der Waals surface area contributed by atoms with Gasteiger partial charge >= 0.3 is 11.9 Å². The minimum Gasteiger partial charge on any atom is -0.462 e. The molecule has 1 saturated heterocycles. The second kappa shape index (κ2) is 40.9. The van der Waals surface area contributed by atoms with Gasteiger partial charge in [-0.3, -0.25) is 9.59 Å². The molecule has 0 bridgehead atoms. The number of carbonyl (C=O) groups is 2. The lowest BCUT2D eigenvalue weighted by Crippen LogP contribution is -2.59. The van der Waals surface area contributed by atoms with Crippen molar-refractivity contribution >= 4 is 11.9 Å². The number of hydrogen-bond donors (Lipinski definition) is 4. The van der Waals surface area contributed by atoms with Gasteiger partial charge in [0.25, 0.3) is 0 Å². The molecule has 10 heteroatoms. The first-order valence-corrected chi connectivity index (χ1v) is 23.7. The molecule has 1 aliphatic rings. The summed E-state index contributed by atoms with van der Waals surface area (Å²) >= 11 is 0. The Kier molecular flexibility index (Phi) is 37.5. The molecule has 0 saturated carbocycles. The molecule has 1 fully saturated rings. The fraction of sp³-hybridized carbons (Fsp3) is 0.686. The molecule has 61 heavy (non-hydrogen) atoms. The molecule has 348 valence electrons. The standard InChI is InChI=1S/C51H84O10/c1-3-5-7-9-11-13-15-17-19-21-22-24-25-27-29-31-33-35-37-39-46(53)58-42-44(43-59-51-50(57)49(56)48(55)45(41-52)61-51)60-47(54)40-38-36-34-32-30-28-26-23-20-18-16-14-12-10-8-6-4-2/h5,7,11,13-14,16-17,19,22,24,27,29,33,35,44-45,48-52,55-57H,3-4,6,8-10,12,15,18,20-21,23,25-26,28,30-32,34,36-43H2,1-2H3/b7-5+,13-11+,16-14+,19-17+,24-22+,29-27+,35-33+/t44-,45-,48+,49?,50?,51-/m0/s1. The molecule has 1 aliphatic heterocycles. The highest BCUT2D eigenvalue weighted by atomic mass is 16.7. The highest BCUT2D eigenvalue weighted by molar-refractivity contribution is 5.70. The van der Waals surface area contributed by atoms with Crippen LogP contribution in [0.5, 0.6) is 0 Å². The van der Waals surface area contributed by atoms with Gasteiger partial charge in [0.05, 0.1) is 13.2 Å². The van der Waals surface area contributed by atoms with Gasteiger partial charge in [0, 0.05) is 12.8 Å². The van der Waals surface area contributed by atoms with Crippen molar-refractivity contribution in [3.05, 3.63) is 85.1 Å². The number of aliphatic hydroxyl groups excluding tert-OH is 4. The Hall–Kier alpha value is -3.12. The van der Waals surface area contributed by atoms with Crippen LogP contribution in [0.4, 0.5) is 0 Å². The topological polar surface area (TPSA) is 152 Å². The minimum atomic E-state index is -1.61. The molecule has 0 amide bonds. The number of rotatable bonds is 38. The average molecular weight is 857 g/mol. The van der Waals surface area contributed by atoms with E-state index < -0.39 is 55.4 Å². The van der Waals surface area contributed by atoms with E-state index in [0.717, 1.165) is 57.8 Å². The summed E-state index contributed by atoms with van der Waals surface area (Å²) in [6.45, 7) is 3.21. The van der Waals surface area contributed by atoms with Crippen molar-refractivity contribution in [2.45, 2.75) is 205 Å². The number of allylic oxidation sites excluding steroid dienone is 14. The number of carbonyl (C=O) groups excluding carboxylic acids is 2. The zero-order valence-corrected chi connectivity index (χ0v) is 37.9. The van der Waals surface area contributed by atoms with Crippen molar-refractivity contribution < 1.29 is 49.0 Å². The summed E-state index contributed by atoms with van der Waals surface area (Å²) in [6, 6.07) is 0. The number of aliphatic hydroxyl groups is 4. The number of ether oxygens (including phenoxy) is 4. The van der Waals surface area contributed by atoms with E-state index in [0.29, 0.717) is 12.8 Å². The van der Waals surface area contributed by atoms with E-state index in [2.05, 4.69) is 86.8 Å². The van der Waals surface area contributed by atoms with Gasteiger partial charge in [-0.1, -0.05) is 163 Å². The summed E-state index contributed by atoms with van der Waals surface area (Å²) in [5.41, 5.74) is 0. The van der Waals surface area contributed by atoms with Crippen LogP contribution in [0.1, 0.15) is 168 Å². The van der Waals surface area contributed by atoms with E-state index in [4.69, 9.17) is 18.9 Å². The Labute approximate surface area is 369 Å². The summed E-state index contributed by atoms with van der Waals surface area (Å²) < 4.78 is 22.1. The number of esters is 2. The molecular formula is C51H84O10. The SMILES string of the molecule is CC/C=C/C/C=C/C/C=C/C/C=C/C/C=C/C/C=C/CCC(=O)OC[C@@H](CO[C@H]1O[C@@H](CO)[C@@H](O)C(O)C1O)OC(=O)CCCCCCCCCCC/C=C/CCCCCC. The Morgan fingerprint density at radius 3 is 1.52 bits per heavy atom.